The predicted molar refractivity (Wildman–Crippen MR) is 271 cm³/mol. The fourth-order valence-electron chi connectivity index (χ4n) is 7.52. The van der Waals surface area contributed by atoms with E-state index in [-0.39, 0.29) is 36.9 Å². The third-order valence-corrected chi connectivity index (χ3v) is 12.7. The number of anilines is 5. The van der Waals surface area contributed by atoms with Crippen LogP contribution in [0.25, 0.3) is 44.1 Å². The minimum Gasteiger partial charge on any atom is -0.495 e. The van der Waals surface area contributed by atoms with E-state index >= 15 is 0 Å². The Balaban J connectivity index is 0.000000202. The van der Waals surface area contributed by atoms with Crippen LogP contribution in [-0.4, -0.2) is 52.5 Å². The molecular formula is C48H42Cl4N8O8. The SMILES string of the molecule is COc1cc(OC)c(Cl)c(-c2cc3cnc(Nc4c(C)cccc4N)cc3c(=O)n2C)c1Cl.COc1cc(OC)c(Cl)c(-c2cc3cnc(Nc4c(C)cccc4[N+](=O)[O-])cc3c(=O)n2C)c1Cl. The van der Waals surface area contributed by atoms with Crippen molar-refractivity contribution in [3.8, 4) is 45.5 Å². The molecule has 4 N–H and O–H groups in total. The summed E-state index contributed by atoms with van der Waals surface area (Å²) in [5.41, 5.74) is 10.5. The number of hydrogen-bond acceptors (Lipinski definition) is 13. The first kappa shape index (κ1) is 48.7. The van der Waals surface area contributed by atoms with E-state index in [1.54, 1.807) is 75.7 Å². The van der Waals surface area contributed by atoms with Crippen LogP contribution < -0.4 is 46.4 Å². The Bertz CT molecular complexity index is 3380. The van der Waals surface area contributed by atoms with E-state index in [0.717, 1.165) is 11.3 Å². The van der Waals surface area contributed by atoms with Gasteiger partial charge in [-0.1, -0.05) is 70.7 Å². The van der Waals surface area contributed by atoms with Gasteiger partial charge in [0.1, 0.15) is 40.3 Å². The summed E-state index contributed by atoms with van der Waals surface area (Å²) in [5, 5.41) is 20.6. The van der Waals surface area contributed by atoms with Gasteiger partial charge in [0.15, 0.2) is 0 Å². The summed E-state index contributed by atoms with van der Waals surface area (Å²) in [6.45, 7) is 3.69. The van der Waals surface area contributed by atoms with Gasteiger partial charge in [-0.2, -0.15) is 0 Å². The number of benzene rings is 4. The second kappa shape index (κ2) is 19.9. The quantitative estimate of drug-likeness (QED) is 0.0628. The van der Waals surface area contributed by atoms with Gasteiger partial charge >= 0.3 is 0 Å². The average Bonchev–Trinajstić information content (AvgIpc) is 3.32. The molecule has 20 heteroatoms. The molecule has 0 saturated heterocycles. The molecule has 0 aliphatic heterocycles. The highest BCUT2D eigenvalue weighted by Crippen LogP contribution is 2.47. The number of nitro groups is 1. The maximum Gasteiger partial charge on any atom is 0.292 e. The number of nitrogens with zero attached hydrogens (tertiary/aromatic N) is 5. The molecule has 4 aromatic carbocycles. The van der Waals surface area contributed by atoms with Crippen molar-refractivity contribution >= 4 is 102 Å². The van der Waals surface area contributed by atoms with Crippen molar-refractivity contribution in [1.82, 2.24) is 19.1 Å². The lowest BCUT2D eigenvalue weighted by Gasteiger charge is -2.18. The van der Waals surface area contributed by atoms with E-state index in [2.05, 4.69) is 20.6 Å². The number of aryl methyl sites for hydroxylation is 2. The predicted octanol–water partition coefficient (Wildman–Crippen LogP) is 11.4. The van der Waals surface area contributed by atoms with Crippen molar-refractivity contribution in [3.05, 3.63) is 147 Å². The second-order valence-electron chi connectivity index (χ2n) is 15.2. The van der Waals surface area contributed by atoms with Crippen LogP contribution in [-0.2, 0) is 14.1 Å². The molecule has 8 rings (SSSR count). The summed E-state index contributed by atoms with van der Waals surface area (Å²) in [6, 6.07) is 20.3. The van der Waals surface area contributed by atoms with Crippen LogP contribution in [0, 0.1) is 24.0 Å². The molecule has 8 aromatic rings. The van der Waals surface area contributed by atoms with Crippen LogP contribution >= 0.6 is 46.4 Å². The molecule has 68 heavy (non-hydrogen) atoms. The highest BCUT2D eigenvalue weighted by Gasteiger charge is 2.24. The molecule has 0 aliphatic rings. The summed E-state index contributed by atoms with van der Waals surface area (Å²) in [7, 11) is 9.18. The van der Waals surface area contributed by atoms with Gasteiger partial charge in [0.2, 0.25) is 0 Å². The molecule has 0 fully saturated rings. The number of aromatic nitrogens is 4. The van der Waals surface area contributed by atoms with E-state index < -0.39 is 4.92 Å². The minimum atomic E-state index is -0.475. The van der Waals surface area contributed by atoms with Gasteiger partial charge in [0, 0.05) is 66.6 Å². The lowest BCUT2D eigenvalue weighted by atomic mass is 10.1. The standard InChI is InChI=1S/C24H20Cl2N4O5.C24H22Cl2N4O3/c1-12-6-5-7-15(30(32)33)23(12)28-19-9-14-13(11-27-19)8-16(29(2)24(14)31)20-21(25)17(34-3)10-18(35-4)22(20)26;1-12-6-5-7-15(27)23(12)29-19-9-14-13(11-28-19)8-16(30(2)24(14)31)20-21(25)17(32-3)10-18(33-4)22(20)26/h5-11H,1-4H3,(H,27,28);5-11H,27H2,1-4H3,(H,28,29). The highest BCUT2D eigenvalue weighted by atomic mass is 35.5. The number of halogens is 4. The van der Waals surface area contributed by atoms with Crippen LogP contribution in [0.1, 0.15) is 11.1 Å². The van der Waals surface area contributed by atoms with E-state index in [4.69, 9.17) is 71.1 Å². The fraction of sp³-hybridized carbons (Fsp3) is 0.167. The zero-order valence-corrected chi connectivity index (χ0v) is 40.7. The van der Waals surface area contributed by atoms with Crippen molar-refractivity contribution in [1.29, 1.82) is 0 Å². The third-order valence-electron chi connectivity index (χ3n) is 11.2. The fourth-order valence-corrected chi connectivity index (χ4v) is 8.91. The van der Waals surface area contributed by atoms with E-state index in [9.17, 15) is 19.7 Å². The number of pyridine rings is 4. The Kier molecular flexibility index (Phi) is 14.3. The molecular weight excluding hydrogens is 958 g/mol. The van der Waals surface area contributed by atoms with E-state index in [0.29, 0.717) is 95.6 Å². The molecule has 16 nitrogen and oxygen atoms in total. The van der Waals surface area contributed by atoms with Gasteiger partial charge in [-0.3, -0.25) is 19.7 Å². The zero-order chi connectivity index (χ0) is 49.3. The molecule has 4 aromatic heterocycles. The molecule has 0 atom stereocenters. The molecule has 350 valence electrons. The summed E-state index contributed by atoms with van der Waals surface area (Å²) < 4.78 is 24.3. The Morgan fingerprint density at radius 3 is 1.37 bits per heavy atom. The topological polar surface area (TPSA) is 200 Å². The van der Waals surface area contributed by atoms with Gasteiger partial charge in [-0.05, 0) is 55.3 Å². The van der Waals surface area contributed by atoms with Crippen molar-refractivity contribution in [3.63, 3.8) is 0 Å². The lowest BCUT2D eigenvalue weighted by Crippen LogP contribution is -2.19. The summed E-state index contributed by atoms with van der Waals surface area (Å²) in [6.07, 6.45) is 3.13. The van der Waals surface area contributed by atoms with Crippen molar-refractivity contribution in [2.45, 2.75) is 13.8 Å². The first-order chi connectivity index (χ1) is 32.4. The monoisotopic (exact) mass is 998 g/mol. The number of methoxy groups -OCH3 is 4. The molecule has 0 bridgehead atoms. The first-order valence-corrected chi connectivity index (χ1v) is 21.8. The highest BCUT2D eigenvalue weighted by molar-refractivity contribution is 6.41. The molecule has 4 heterocycles. The maximum atomic E-state index is 13.4. The smallest absolute Gasteiger partial charge is 0.292 e. The van der Waals surface area contributed by atoms with Gasteiger partial charge in [0.05, 0.1) is 87.0 Å². The van der Waals surface area contributed by atoms with Gasteiger partial charge in [-0.15, -0.1) is 0 Å². The maximum absolute atomic E-state index is 13.4. The minimum absolute atomic E-state index is 0.0913. The van der Waals surface area contributed by atoms with Gasteiger partial charge in [-0.25, -0.2) is 9.97 Å². The number of nitrogen functional groups attached to an aromatic ring is 1. The summed E-state index contributed by atoms with van der Waals surface area (Å²) >= 11 is 26.3. The number of nitro benzene ring substituents is 1. The Morgan fingerprint density at radius 1 is 0.603 bits per heavy atom. The number of hydrogen-bond donors (Lipinski definition) is 3. The van der Waals surface area contributed by atoms with Crippen LogP contribution in [0.2, 0.25) is 20.1 Å². The molecule has 0 amide bonds. The van der Waals surface area contributed by atoms with Crippen LogP contribution in [0.4, 0.5) is 34.4 Å². The van der Waals surface area contributed by atoms with Crippen molar-refractivity contribution < 1.29 is 23.9 Å². The largest absolute Gasteiger partial charge is 0.495 e. The normalized spacial score (nSPS) is 10.9. The molecule has 0 spiro atoms. The number of ether oxygens (including phenoxy) is 4. The van der Waals surface area contributed by atoms with Crippen LogP contribution in [0.15, 0.2) is 94.8 Å². The second-order valence-corrected chi connectivity index (χ2v) is 16.7. The van der Waals surface area contributed by atoms with E-state index in [1.807, 2.05) is 25.1 Å². The number of fused-ring (bicyclic) bond motifs is 2. The Labute approximate surface area is 408 Å². The zero-order valence-electron chi connectivity index (χ0n) is 37.7. The van der Waals surface area contributed by atoms with Gasteiger partial charge < -0.3 is 44.4 Å². The number of rotatable bonds is 11. The number of nitrogens with one attached hydrogen (secondary N) is 2. The van der Waals surface area contributed by atoms with E-state index in [1.165, 1.54) is 49.8 Å². The summed E-state index contributed by atoms with van der Waals surface area (Å²) in [4.78, 5) is 46.5. The molecule has 0 radical (unpaired) electrons. The third kappa shape index (κ3) is 9.10. The van der Waals surface area contributed by atoms with Crippen LogP contribution in [0.5, 0.6) is 23.0 Å². The molecule has 0 saturated carbocycles. The lowest BCUT2D eigenvalue weighted by molar-refractivity contribution is -0.384. The van der Waals surface area contributed by atoms with Crippen molar-refractivity contribution in [2.75, 3.05) is 44.8 Å². The molecule has 0 unspecified atom stereocenters. The number of para-hydroxylation sites is 2. The van der Waals surface area contributed by atoms with Gasteiger partial charge in [0.25, 0.3) is 16.8 Å². The Hall–Kier alpha value is -7.24. The van der Waals surface area contributed by atoms with Crippen molar-refractivity contribution in [2.24, 2.45) is 14.1 Å². The number of nitrogens with two attached hydrogens (primary N) is 1. The Morgan fingerprint density at radius 2 is 0.985 bits per heavy atom. The first-order valence-electron chi connectivity index (χ1n) is 20.3. The summed E-state index contributed by atoms with van der Waals surface area (Å²) in [5.74, 6) is 2.25. The average molecular weight is 1000 g/mol. The molecule has 0 aliphatic carbocycles. The van der Waals surface area contributed by atoms with Crippen LogP contribution in [0.3, 0.4) is 0 Å².